The third-order valence-corrected chi connectivity index (χ3v) is 3.12. The van der Waals surface area contributed by atoms with E-state index in [9.17, 15) is 8.78 Å². The summed E-state index contributed by atoms with van der Waals surface area (Å²) >= 11 is 7.90. The standard InChI is InChI=1S/C12H8BrF2N3S/c13-8-3-6(14)4-9(15)11(8)18-7-1-2-17-10(5-7)12(16)19/h1-5H,(H2,16,19)(H,17,18). The number of anilines is 2. The number of aromatic nitrogens is 1. The number of nitrogens with two attached hydrogens (primary N) is 1. The van der Waals surface area contributed by atoms with Crippen molar-refractivity contribution < 1.29 is 8.78 Å². The van der Waals surface area contributed by atoms with E-state index in [0.717, 1.165) is 6.07 Å². The average Bonchev–Trinajstić information content (AvgIpc) is 2.34. The summed E-state index contributed by atoms with van der Waals surface area (Å²) in [5.74, 6) is -1.37. The molecule has 0 aliphatic rings. The third-order valence-electron chi connectivity index (χ3n) is 2.29. The molecule has 19 heavy (non-hydrogen) atoms. The minimum Gasteiger partial charge on any atom is -0.388 e. The quantitative estimate of drug-likeness (QED) is 0.837. The van der Waals surface area contributed by atoms with Gasteiger partial charge in [0.2, 0.25) is 0 Å². The highest BCUT2D eigenvalue weighted by atomic mass is 79.9. The van der Waals surface area contributed by atoms with Gasteiger partial charge in [0, 0.05) is 22.4 Å². The zero-order valence-corrected chi connectivity index (χ0v) is 11.9. The largest absolute Gasteiger partial charge is 0.388 e. The van der Waals surface area contributed by atoms with Crippen LogP contribution in [0, 0.1) is 11.6 Å². The molecule has 3 N–H and O–H groups in total. The molecule has 0 radical (unpaired) electrons. The van der Waals surface area contributed by atoms with E-state index in [1.54, 1.807) is 12.1 Å². The summed E-state index contributed by atoms with van der Waals surface area (Å²) in [5.41, 5.74) is 6.55. The minimum atomic E-state index is -0.708. The maximum atomic E-state index is 13.7. The second kappa shape index (κ2) is 5.58. The van der Waals surface area contributed by atoms with Gasteiger partial charge in [-0.05, 0) is 34.1 Å². The lowest BCUT2D eigenvalue weighted by Crippen LogP contribution is -2.11. The van der Waals surface area contributed by atoms with Crippen molar-refractivity contribution in [3.8, 4) is 0 Å². The van der Waals surface area contributed by atoms with Crippen LogP contribution in [0.5, 0.6) is 0 Å². The monoisotopic (exact) mass is 343 g/mol. The molecule has 0 aliphatic heterocycles. The van der Waals surface area contributed by atoms with Crippen molar-refractivity contribution >= 4 is 44.5 Å². The van der Waals surface area contributed by atoms with Crippen LogP contribution in [-0.4, -0.2) is 9.97 Å². The van der Waals surface area contributed by atoms with Crippen LogP contribution >= 0.6 is 28.1 Å². The Morgan fingerprint density at radius 3 is 2.68 bits per heavy atom. The predicted octanol–water partition coefficient (Wildman–Crippen LogP) is 3.50. The van der Waals surface area contributed by atoms with Crippen LogP contribution in [0.1, 0.15) is 5.69 Å². The van der Waals surface area contributed by atoms with Crippen molar-refractivity contribution in [2.75, 3.05) is 5.32 Å². The van der Waals surface area contributed by atoms with Crippen molar-refractivity contribution in [2.45, 2.75) is 0 Å². The van der Waals surface area contributed by atoms with Crippen LogP contribution < -0.4 is 11.1 Å². The molecule has 0 bridgehead atoms. The number of hydrogen-bond acceptors (Lipinski definition) is 3. The van der Waals surface area contributed by atoms with Gasteiger partial charge in [0.25, 0.3) is 0 Å². The molecule has 2 aromatic rings. The zero-order chi connectivity index (χ0) is 14.0. The van der Waals surface area contributed by atoms with Gasteiger partial charge in [-0.1, -0.05) is 12.2 Å². The zero-order valence-electron chi connectivity index (χ0n) is 9.45. The Balaban J connectivity index is 2.36. The number of hydrogen-bond donors (Lipinski definition) is 2. The lowest BCUT2D eigenvalue weighted by atomic mass is 10.2. The second-order valence-electron chi connectivity index (χ2n) is 3.66. The highest BCUT2D eigenvalue weighted by Gasteiger charge is 2.10. The van der Waals surface area contributed by atoms with E-state index in [-0.39, 0.29) is 15.1 Å². The maximum Gasteiger partial charge on any atom is 0.150 e. The van der Waals surface area contributed by atoms with Gasteiger partial charge in [0.15, 0.2) is 5.82 Å². The fraction of sp³-hybridized carbons (Fsp3) is 0. The van der Waals surface area contributed by atoms with E-state index in [2.05, 4.69) is 26.2 Å². The number of nitrogens with one attached hydrogen (secondary N) is 1. The molecule has 0 fully saturated rings. The smallest absolute Gasteiger partial charge is 0.150 e. The number of nitrogens with zero attached hydrogens (tertiary/aromatic N) is 1. The van der Waals surface area contributed by atoms with E-state index < -0.39 is 11.6 Å². The summed E-state index contributed by atoms with van der Waals surface area (Å²) in [6.45, 7) is 0. The van der Waals surface area contributed by atoms with E-state index in [1.807, 2.05) is 0 Å². The third kappa shape index (κ3) is 3.24. The second-order valence-corrected chi connectivity index (χ2v) is 4.96. The Kier molecular flexibility index (Phi) is 4.06. The van der Waals surface area contributed by atoms with Crippen molar-refractivity contribution in [3.63, 3.8) is 0 Å². The van der Waals surface area contributed by atoms with Gasteiger partial charge in [-0.25, -0.2) is 8.78 Å². The fourth-order valence-corrected chi connectivity index (χ4v) is 2.07. The normalized spacial score (nSPS) is 10.3. The number of rotatable bonds is 3. The molecule has 0 saturated heterocycles. The Hall–Kier alpha value is -1.60. The number of thiocarbonyl (C=S) groups is 1. The first-order valence-corrected chi connectivity index (χ1v) is 6.35. The predicted molar refractivity (Wildman–Crippen MR) is 77.5 cm³/mol. The van der Waals surface area contributed by atoms with Gasteiger partial charge < -0.3 is 11.1 Å². The number of benzene rings is 1. The topological polar surface area (TPSA) is 50.9 Å². The highest BCUT2D eigenvalue weighted by molar-refractivity contribution is 9.10. The first-order valence-electron chi connectivity index (χ1n) is 5.15. The van der Waals surface area contributed by atoms with Crippen molar-refractivity contribution in [3.05, 3.63) is 52.3 Å². The molecule has 1 aromatic carbocycles. The number of halogens is 3. The average molecular weight is 344 g/mol. The SMILES string of the molecule is NC(=S)c1cc(Nc2c(F)cc(F)cc2Br)ccn1. The van der Waals surface area contributed by atoms with Gasteiger partial charge in [0.05, 0.1) is 11.4 Å². The fourth-order valence-electron chi connectivity index (χ4n) is 1.45. The molecular formula is C12H8BrF2N3S. The van der Waals surface area contributed by atoms with Gasteiger partial charge in [-0.3, -0.25) is 4.98 Å². The van der Waals surface area contributed by atoms with Crippen molar-refractivity contribution in [2.24, 2.45) is 5.73 Å². The molecule has 1 heterocycles. The summed E-state index contributed by atoms with van der Waals surface area (Å²) < 4.78 is 26.9. The molecule has 2 rings (SSSR count). The Labute approximate surface area is 122 Å². The van der Waals surface area contributed by atoms with Gasteiger partial charge in [-0.15, -0.1) is 0 Å². The maximum absolute atomic E-state index is 13.7. The van der Waals surface area contributed by atoms with Crippen molar-refractivity contribution in [1.29, 1.82) is 0 Å². The van der Waals surface area contributed by atoms with Crippen molar-refractivity contribution in [1.82, 2.24) is 4.98 Å². The van der Waals surface area contributed by atoms with E-state index in [4.69, 9.17) is 18.0 Å². The summed E-state index contributed by atoms with van der Waals surface area (Å²) in [6, 6.07) is 5.17. The molecule has 0 aliphatic carbocycles. The number of pyridine rings is 1. The molecule has 0 saturated carbocycles. The van der Waals surface area contributed by atoms with Crippen LogP contribution in [0.3, 0.4) is 0 Å². The van der Waals surface area contributed by atoms with Gasteiger partial charge in [-0.2, -0.15) is 0 Å². The lowest BCUT2D eigenvalue weighted by Gasteiger charge is -2.10. The molecule has 0 unspecified atom stereocenters. The molecule has 0 spiro atoms. The van der Waals surface area contributed by atoms with Crippen LogP contribution in [0.2, 0.25) is 0 Å². The Morgan fingerprint density at radius 2 is 2.05 bits per heavy atom. The van der Waals surface area contributed by atoms with Crippen LogP contribution in [0.4, 0.5) is 20.2 Å². The molecule has 0 atom stereocenters. The summed E-state index contributed by atoms with van der Waals surface area (Å²) in [5, 5.41) is 2.82. The van der Waals surface area contributed by atoms with E-state index >= 15 is 0 Å². The summed E-state index contributed by atoms with van der Waals surface area (Å²) in [7, 11) is 0. The molecule has 3 nitrogen and oxygen atoms in total. The minimum absolute atomic E-state index is 0.126. The first kappa shape index (κ1) is 13.8. The van der Waals surface area contributed by atoms with Gasteiger partial charge >= 0.3 is 0 Å². The van der Waals surface area contributed by atoms with Crippen LogP contribution in [-0.2, 0) is 0 Å². The molecule has 7 heteroatoms. The molecule has 0 amide bonds. The molecular weight excluding hydrogens is 336 g/mol. The Bertz CT molecular complexity index is 626. The van der Waals surface area contributed by atoms with Gasteiger partial charge in [0.1, 0.15) is 10.8 Å². The molecule has 1 aromatic heterocycles. The Morgan fingerprint density at radius 1 is 1.32 bits per heavy atom. The summed E-state index contributed by atoms with van der Waals surface area (Å²) in [6.07, 6.45) is 1.49. The van der Waals surface area contributed by atoms with E-state index in [0.29, 0.717) is 11.4 Å². The lowest BCUT2D eigenvalue weighted by molar-refractivity contribution is 0.584. The van der Waals surface area contributed by atoms with Crippen LogP contribution in [0.25, 0.3) is 0 Å². The summed E-state index contributed by atoms with van der Waals surface area (Å²) in [4.78, 5) is 4.11. The van der Waals surface area contributed by atoms with E-state index in [1.165, 1.54) is 12.3 Å². The highest BCUT2D eigenvalue weighted by Crippen LogP contribution is 2.29. The molecule has 98 valence electrons. The van der Waals surface area contributed by atoms with Crippen LogP contribution in [0.15, 0.2) is 34.9 Å². The first-order chi connectivity index (χ1) is 8.97.